The Bertz CT molecular complexity index is 834. The molecule has 1 saturated heterocycles. The van der Waals surface area contributed by atoms with Gasteiger partial charge in [0.2, 0.25) is 0 Å². The molecule has 6 atom stereocenters. The largest absolute Gasteiger partial charge is 0.491 e. The van der Waals surface area contributed by atoms with E-state index < -0.39 is 53.9 Å². The summed E-state index contributed by atoms with van der Waals surface area (Å²) in [6.45, 7) is 2.52. The van der Waals surface area contributed by atoms with E-state index in [-0.39, 0.29) is 31.0 Å². The summed E-state index contributed by atoms with van der Waals surface area (Å²) >= 11 is 0. The summed E-state index contributed by atoms with van der Waals surface area (Å²) in [5.74, 6) is -2.39. The molecule has 0 amide bonds. The van der Waals surface area contributed by atoms with Crippen LogP contribution in [0.25, 0.3) is 0 Å². The van der Waals surface area contributed by atoms with Crippen molar-refractivity contribution < 1.29 is 42.1 Å². The zero-order valence-corrected chi connectivity index (χ0v) is 20.7. The van der Waals surface area contributed by atoms with Crippen LogP contribution in [0.4, 0.5) is 8.78 Å². The van der Waals surface area contributed by atoms with Crippen molar-refractivity contribution in [2.24, 2.45) is 11.8 Å². The molecule has 1 aliphatic heterocycles. The van der Waals surface area contributed by atoms with E-state index in [0.717, 1.165) is 6.42 Å². The fraction of sp³-hybridized carbons (Fsp3) is 0.731. The van der Waals surface area contributed by atoms with Crippen molar-refractivity contribution >= 4 is 17.9 Å². The Labute approximate surface area is 205 Å². The fourth-order valence-corrected chi connectivity index (χ4v) is 5.47. The molecule has 9 heteroatoms. The van der Waals surface area contributed by atoms with Crippen molar-refractivity contribution in [2.75, 3.05) is 7.11 Å². The van der Waals surface area contributed by atoms with E-state index in [0.29, 0.717) is 32.1 Å². The van der Waals surface area contributed by atoms with Crippen LogP contribution in [0.5, 0.6) is 0 Å². The van der Waals surface area contributed by atoms with Crippen molar-refractivity contribution in [3.63, 3.8) is 0 Å². The average Bonchev–Trinajstić information content (AvgIpc) is 3.29. The molecule has 0 N–H and O–H groups in total. The number of carbonyl (C=O) groups is 3. The maximum Gasteiger partial charge on any atom is 0.305 e. The molecule has 1 heterocycles. The second kappa shape index (κ2) is 12.0. The lowest BCUT2D eigenvalue weighted by molar-refractivity contribution is -0.153. The number of halogens is 2. The molecule has 7 nitrogen and oxygen atoms in total. The molecule has 0 aromatic heterocycles. The predicted molar refractivity (Wildman–Crippen MR) is 122 cm³/mol. The quantitative estimate of drug-likeness (QED) is 0.197. The van der Waals surface area contributed by atoms with Gasteiger partial charge in [-0.05, 0) is 37.8 Å². The molecule has 2 saturated carbocycles. The number of fused-ring (bicyclic) bond motifs is 1. The highest BCUT2D eigenvalue weighted by Gasteiger charge is 2.55. The number of alkyl halides is 2. The Morgan fingerprint density at radius 2 is 1.89 bits per heavy atom. The van der Waals surface area contributed by atoms with Crippen LogP contribution >= 0.6 is 0 Å². The monoisotopic (exact) mass is 498 g/mol. The smallest absolute Gasteiger partial charge is 0.305 e. The number of unbranched alkanes of at least 4 members (excludes halogenated alkanes) is 1. The molecule has 3 fully saturated rings. The van der Waals surface area contributed by atoms with Gasteiger partial charge in [0.15, 0.2) is 17.9 Å². The van der Waals surface area contributed by atoms with Crippen LogP contribution in [-0.2, 0) is 33.3 Å². The average molecular weight is 499 g/mol. The molecular weight excluding hydrogens is 462 g/mol. The maximum absolute atomic E-state index is 15.7. The summed E-state index contributed by atoms with van der Waals surface area (Å²) in [5, 5.41) is 0. The predicted octanol–water partition coefficient (Wildman–Crippen LogP) is 4.68. The maximum atomic E-state index is 15.7. The SMILES string of the molecule is COC(=O)CCCC=C1OC2CC(OC(C)=O)C(C=CC(OC(C)=O)C3(F)CCCCC3)C2C1F. The number of esters is 3. The van der Waals surface area contributed by atoms with E-state index in [2.05, 4.69) is 4.74 Å². The van der Waals surface area contributed by atoms with Crippen molar-refractivity contribution in [3.05, 3.63) is 24.0 Å². The van der Waals surface area contributed by atoms with Crippen molar-refractivity contribution in [1.82, 2.24) is 0 Å². The first kappa shape index (κ1) is 27.1. The van der Waals surface area contributed by atoms with Gasteiger partial charge in [-0.25, -0.2) is 8.78 Å². The van der Waals surface area contributed by atoms with Crippen molar-refractivity contribution in [2.45, 2.75) is 102 Å². The van der Waals surface area contributed by atoms with Gasteiger partial charge in [-0.1, -0.05) is 25.3 Å². The number of ether oxygens (including phenoxy) is 4. The summed E-state index contributed by atoms with van der Waals surface area (Å²) in [6.07, 6.45) is 5.53. The zero-order valence-electron chi connectivity index (χ0n) is 20.7. The van der Waals surface area contributed by atoms with Crippen LogP contribution in [0.15, 0.2) is 24.0 Å². The highest BCUT2D eigenvalue weighted by molar-refractivity contribution is 5.69. The van der Waals surface area contributed by atoms with Gasteiger partial charge in [-0.15, -0.1) is 0 Å². The van der Waals surface area contributed by atoms with E-state index in [1.54, 1.807) is 12.2 Å². The molecule has 2 aliphatic carbocycles. The van der Waals surface area contributed by atoms with Crippen LogP contribution in [0, 0.1) is 11.8 Å². The highest BCUT2D eigenvalue weighted by atomic mass is 19.1. The molecule has 35 heavy (non-hydrogen) atoms. The van der Waals surface area contributed by atoms with E-state index in [1.807, 2.05) is 0 Å². The lowest BCUT2D eigenvalue weighted by Crippen LogP contribution is -2.41. The second-order valence-electron chi connectivity index (χ2n) is 9.68. The summed E-state index contributed by atoms with van der Waals surface area (Å²) < 4.78 is 52.5. The topological polar surface area (TPSA) is 88.1 Å². The third-order valence-electron chi connectivity index (χ3n) is 7.14. The molecule has 3 aliphatic rings. The van der Waals surface area contributed by atoms with Gasteiger partial charge in [-0.3, -0.25) is 14.4 Å². The first-order valence-electron chi connectivity index (χ1n) is 12.4. The number of allylic oxidation sites excluding steroid dienone is 2. The van der Waals surface area contributed by atoms with Crippen LogP contribution in [0.2, 0.25) is 0 Å². The van der Waals surface area contributed by atoms with Crippen LogP contribution < -0.4 is 0 Å². The Kier molecular flexibility index (Phi) is 9.30. The summed E-state index contributed by atoms with van der Waals surface area (Å²) in [7, 11) is 1.32. The molecule has 0 aromatic carbocycles. The van der Waals surface area contributed by atoms with E-state index >= 15 is 8.78 Å². The molecule has 0 aromatic rings. The molecule has 196 valence electrons. The molecule has 0 bridgehead atoms. The van der Waals surface area contributed by atoms with Gasteiger partial charge in [-0.2, -0.15) is 0 Å². The number of carbonyl (C=O) groups excluding carboxylic acids is 3. The van der Waals surface area contributed by atoms with Gasteiger partial charge in [0.25, 0.3) is 0 Å². The Morgan fingerprint density at radius 3 is 2.51 bits per heavy atom. The van der Waals surface area contributed by atoms with E-state index in [1.165, 1.54) is 27.0 Å². The third kappa shape index (κ3) is 6.82. The van der Waals surface area contributed by atoms with Gasteiger partial charge in [0.1, 0.15) is 18.0 Å². The first-order valence-corrected chi connectivity index (χ1v) is 12.4. The molecule has 0 spiro atoms. The van der Waals surface area contributed by atoms with Crippen LogP contribution in [0.1, 0.15) is 71.6 Å². The minimum absolute atomic E-state index is 0.204. The van der Waals surface area contributed by atoms with Crippen LogP contribution in [0.3, 0.4) is 0 Å². The van der Waals surface area contributed by atoms with Gasteiger partial charge in [0, 0.05) is 38.5 Å². The Hall–Kier alpha value is -2.45. The Morgan fingerprint density at radius 1 is 1.17 bits per heavy atom. The molecule has 6 unspecified atom stereocenters. The standard InChI is InChI=1S/C26H36F2O7/c1-16(29)33-20-15-21-24(25(27)19(35-21)9-5-6-10-23(31)32-3)18(20)11-12-22(34-17(2)30)26(28)13-7-4-8-14-26/h9,11-12,18,20-22,24-25H,4-8,10,13-15H2,1-3H3. The summed E-state index contributed by atoms with van der Waals surface area (Å²) in [5.41, 5.74) is -1.68. The van der Waals surface area contributed by atoms with Crippen LogP contribution in [-0.4, -0.2) is 55.2 Å². The zero-order chi connectivity index (χ0) is 25.6. The number of methoxy groups -OCH3 is 1. The number of hydrogen-bond donors (Lipinski definition) is 0. The van der Waals surface area contributed by atoms with Gasteiger partial charge in [0.05, 0.1) is 7.11 Å². The van der Waals surface area contributed by atoms with Gasteiger partial charge < -0.3 is 18.9 Å². The van der Waals surface area contributed by atoms with E-state index in [4.69, 9.17) is 14.2 Å². The molecular formula is C26H36F2O7. The lowest BCUT2D eigenvalue weighted by Gasteiger charge is -2.35. The molecule has 0 radical (unpaired) electrons. The van der Waals surface area contributed by atoms with Crippen molar-refractivity contribution in [3.8, 4) is 0 Å². The number of rotatable bonds is 9. The van der Waals surface area contributed by atoms with E-state index in [9.17, 15) is 14.4 Å². The highest BCUT2D eigenvalue weighted by Crippen LogP contribution is 2.48. The fourth-order valence-electron chi connectivity index (χ4n) is 5.47. The summed E-state index contributed by atoms with van der Waals surface area (Å²) in [6, 6.07) is 0. The Balaban J connectivity index is 1.77. The third-order valence-corrected chi connectivity index (χ3v) is 7.14. The lowest BCUT2D eigenvalue weighted by atomic mass is 9.81. The number of hydrogen-bond acceptors (Lipinski definition) is 7. The first-order chi connectivity index (χ1) is 16.6. The van der Waals surface area contributed by atoms with Gasteiger partial charge >= 0.3 is 17.9 Å². The molecule has 3 rings (SSSR count). The normalized spacial score (nSPS) is 31.6. The van der Waals surface area contributed by atoms with Crippen molar-refractivity contribution in [1.29, 1.82) is 0 Å². The minimum atomic E-state index is -1.68. The minimum Gasteiger partial charge on any atom is -0.491 e. The summed E-state index contributed by atoms with van der Waals surface area (Å²) in [4.78, 5) is 34.7. The second-order valence-corrected chi connectivity index (χ2v) is 9.68.